The van der Waals surface area contributed by atoms with Crippen molar-refractivity contribution in [3.05, 3.63) is 29.3 Å². The number of alkyl halides is 5. The van der Waals surface area contributed by atoms with Crippen molar-refractivity contribution in [1.82, 2.24) is 0 Å². The summed E-state index contributed by atoms with van der Waals surface area (Å²) in [6, 6.07) is 4.60. The van der Waals surface area contributed by atoms with E-state index in [4.69, 9.17) is 11.6 Å². The van der Waals surface area contributed by atoms with Crippen LogP contribution in [-0.2, 0) is 10.7 Å². The first-order valence-corrected chi connectivity index (χ1v) is 7.11. The highest BCUT2D eigenvalue weighted by Gasteiger charge is 2.33. The molecule has 0 aliphatic carbocycles. The van der Waals surface area contributed by atoms with Gasteiger partial charge in [0.05, 0.1) is 4.83 Å². The first-order chi connectivity index (χ1) is 8.26. The highest BCUT2D eigenvalue weighted by atomic mass is 79.9. The van der Waals surface area contributed by atoms with Crippen LogP contribution >= 0.6 is 39.3 Å². The Balaban J connectivity index is 3.29. The molecule has 1 aromatic carbocycles. The predicted octanol–water partition coefficient (Wildman–Crippen LogP) is 5.06. The lowest BCUT2D eigenvalue weighted by molar-refractivity contribution is -0.116. The van der Waals surface area contributed by atoms with Gasteiger partial charge in [0, 0.05) is 10.8 Å². The Hall–Kier alpha value is -0.200. The van der Waals surface area contributed by atoms with E-state index in [0.29, 0.717) is 11.1 Å². The van der Waals surface area contributed by atoms with Crippen molar-refractivity contribution in [2.24, 2.45) is 0 Å². The van der Waals surface area contributed by atoms with Crippen molar-refractivity contribution in [2.45, 2.75) is 28.0 Å². The fourth-order valence-corrected chi connectivity index (χ4v) is 3.01. The van der Waals surface area contributed by atoms with Gasteiger partial charge < -0.3 is 0 Å². The summed E-state index contributed by atoms with van der Waals surface area (Å²) in [5.41, 5.74) is -3.76. The number of carbonyl (C=O) groups is 1. The summed E-state index contributed by atoms with van der Waals surface area (Å²) in [7, 11) is 0. The van der Waals surface area contributed by atoms with Crippen molar-refractivity contribution >= 4 is 45.1 Å². The number of Topliss-reactive ketones (excluding diaryl/α,β-unsaturated/α-hetero) is 1. The van der Waals surface area contributed by atoms with Gasteiger partial charge in [0.2, 0.25) is 0 Å². The number of ketones is 1. The SMILES string of the molecule is CC(=O)C(Br)c1cccc(CCl)c1SC(F)(F)F. The van der Waals surface area contributed by atoms with E-state index >= 15 is 0 Å². The zero-order valence-corrected chi connectivity index (χ0v) is 12.4. The quantitative estimate of drug-likeness (QED) is 0.550. The minimum Gasteiger partial charge on any atom is -0.298 e. The minimum atomic E-state index is -4.42. The molecule has 0 spiro atoms. The molecule has 7 heteroatoms. The van der Waals surface area contributed by atoms with Crippen molar-refractivity contribution < 1.29 is 18.0 Å². The highest BCUT2D eigenvalue weighted by Crippen LogP contribution is 2.44. The molecule has 0 bridgehead atoms. The van der Waals surface area contributed by atoms with Gasteiger partial charge in [-0.3, -0.25) is 4.79 Å². The summed E-state index contributed by atoms with van der Waals surface area (Å²) >= 11 is 8.49. The van der Waals surface area contributed by atoms with Crippen molar-refractivity contribution in [2.75, 3.05) is 0 Å². The Morgan fingerprint density at radius 3 is 2.56 bits per heavy atom. The van der Waals surface area contributed by atoms with Gasteiger partial charge >= 0.3 is 5.51 Å². The van der Waals surface area contributed by atoms with Gasteiger partial charge in [-0.25, -0.2) is 0 Å². The van der Waals surface area contributed by atoms with Crippen molar-refractivity contribution in [1.29, 1.82) is 0 Å². The summed E-state index contributed by atoms with van der Waals surface area (Å²) < 4.78 is 37.6. The van der Waals surface area contributed by atoms with Crippen LogP contribution in [0.5, 0.6) is 0 Å². The summed E-state index contributed by atoms with van der Waals surface area (Å²) in [6.07, 6.45) is 0. The van der Waals surface area contributed by atoms with E-state index in [1.165, 1.54) is 19.1 Å². The second-order valence-electron chi connectivity index (χ2n) is 3.49. The summed E-state index contributed by atoms with van der Waals surface area (Å²) in [6.45, 7) is 1.31. The fraction of sp³-hybridized carbons (Fsp3) is 0.364. The van der Waals surface area contributed by atoms with Gasteiger partial charge in [-0.05, 0) is 29.8 Å². The van der Waals surface area contributed by atoms with Gasteiger partial charge in [0.15, 0.2) is 0 Å². The van der Waals surface area contributed by atoms with Crippen LogP contribution in [0.25, 0.3) is 0 Å². The Morgan fingerprint density at radius 2 is 2.11 bits per heavy atom. The number of thioether (sulfide) groups is 1. The van der Waals surface area contributed by atoms with Crippen LogP contribution in [0.15, 0.2) is 23.1 Å². The van der Waals surface area contributed by atoms with E-state index < -0.39 is 10.3 Å². The third kappa shape index (κ3) is 4.17. The van der Waals surface area contributed by atoms with Gasteiger partial charge in [0.25, 0.3) is 0 Å². The second-order valence-corrected chi connectivity index (χ2v) is 5.75. The van der Waals surface area contributed by atoms with E-state index in [-0.39, 0.29) is 28.3 Å². The Kier molecular flexibility index (Phi) is 5.55. The molecule has 100 valence electrons. The molecule has 0 saturated heterocycles. The van der Waals surface area contributed by atoms with Crippen LogP contribution in [0.3, 0.4) is 0 Å². The number of halogens is 5. The third-order valence-electron chi connectivity index (χ3n) is 2.12. The zero-order valence-electron chi connectivity index (χ0n) is 9.22. The molecule has 0 amide bonds. The molecule has 0 aromatic heterocycles. The molecule has 1 aromatic rings. The summed E-state index contributed by atoms with van der Waals surface area (Å²) in [4.78, 5) is 10.5. The van der Waals surface area contributed by atoms with Crippen LogP contribution in [0, 0.1) is 0 Å². The van der Waals surface area contributed by atoms with Gasteiger partial charge in [-0.1, -0.05) is 34.1 Å². The van der Waals surface area contributed by atoms with E-state index in [1.54, 1.807) is 6.07 Å². The average molecular weight is 362 g/mol. The Morgan fingerprint density at radius 1 is 1.50 bits per heavy atom. The fourth-order valence-electron chi connectivity index (χ4n) is 1.37. The van der Waals surface area contributed by atoms with Crippen LogP contribution in [0.1, 0.15) is 22.9 Å². The molecule has 1 rings (SSSR count). The van der Waals surface area contributed by atoms with Gasteiger partial charge in [-0.15, -0.1) is 11.6 Å². The maximum absolute atomic E-state index is 12.5. The second kappa shape index (κ2) is 6.30. The van der Waals surface area contributed by atoms with Crippen LogP contribution in [0.2, 0.25) is 0 Å². The average Bonchev–Trinajstić information content (AvgIpc) is 2.26. The largest absolute Gasteiger partial charge is 0.446 e. The molecule has 1 nitrogen and oxygen atoms in total. The maximum Gasteiger partial charge on any atom is 0.446 e. The molecule has 0 N–H and O–H groups in total. The number of benzene rings is 1. The summed E-state index contributed by atoms with van der Waals surface area (Å²) in [5, 5.41) is 0. The molecular weight excluding hydrogens is 353 g/mol. The maximum atomic E-state index is 12.5. The standard InChI is InChI=1S/C11H9BrClF3OS/c1-6(17)9(12)8-4-2-3-7(5-13)10(8)18-11(14,15)16/h2-4,9H,5H2,1H3. The molecule has 0 aliphatic heterocycles. The number of hydrogen-bond donors (Lipinski definition) is 0. The number of hydrogen-bond acceptors (Lipinski definition) is 2. The molecule has 0 aliphatic rings. The van der Waals surface area contributed by atoms with Gasteiger partial charge in [-0.2, -0.15) is 13.2 Å². The van der Waals surface area contributed by atoms with Crippen molar-refractivity contribution in [3.8, 4) is 0 Å². The van der Waals surface area contributed by atoms with Crippen LogP contribution in [-0.4, -0.2) is 11.3 Å². The third-order valence-corrected chi connectivity index (χ3v) is 4.48. The normalized spacial score (nSPS) is 13.4. The molecule has 0 fully saturated rings. The van der Waals surface area contributed by atoms with E-state index in [2.05, 4.69) is 15.9 Å². The molecule has 0 heterocycles. The zero-order chi connectivity index (χ0) is 13.9. The van der Waals surface area contributed by atoms with E-state index in [1.807, 2.05) is 0 Å². The van der Waals surface area contributed by atoms with Crippen molar-refractivity contribution in [3.63, 3.8) is 0 Å². The highest BCUT2D eigenvalue weighted by molar-refractivity contribution is 9.09. The Labute approximate surface area is 120 Å². The first kappa shape index (κ1) is 15.9. The molecule has 0 saturated carbocycles. The molecule has 1 unspecified atom stereocenters. The monoisotopic (exact) mass is 360 g/mol. The first-order valence-electron chi connectivity index (χ1n) is 4.84. The van der Waals surface area contributed by atoms with Gasteiger partial charge in [0.1, 0.15) is 5.78 Å². The van der Waals surface area contributed by atoms with E-state index in [9.17, 15) is 18.0 Å². The lowest BCUT2D eigenvalue weighted by Crippen LogP contribution is -2.07. The predicted molar refractivity (Wildman–Crippen MR) is 70.3 cm³/mol. The topological polar surface area (TPSA) is 17.1 Å². The molecule has 1 atom stereocenters. The lowest BCUT2D eigenvalue weighted by Gasteiger charge is -2.16. The Bertz CT molecular complexity index is 450. The smallest absolute Gasteiger partial charge is 0.298 e. The number of rotatable bonds is 4. The minimum absolute atomic E-state index is 0.00271. The molecule has 18 heavy (non-hydrogen) atoms. The van der Waals surface area contributed by atoms with E-state index in [0.717, 1.165) is 0 Å². The van der Waals surface area contributed by atoms with Crippen LogP contribution in [0.4, 0.5) is 13.2 Å². The van der Waals surface area contributed by atoms with Crippen LogP contribution < -0.4 is 0 Å². The number of carbonyl (C=O) groups excluding carboxylic acids is 1. The molecular formula is C11H9BrClF3OS. The lowest BCUT2D eigenvalue weighted by atomic mass is 10.1. The summed E-state index contributed by atoms with van der Waals surface area (Å²) in [5.74, 6) is -0.296. The molecule has 0 radical (unpaired) electrons.